The molecule has 0 aliphatic rings. The first-order valence-corrected chi connectivity index (χ1v) is 4.82. The van der Waals surface area contributed by atoms with Gasteiger partial charge in [-0.3, -0.25) is 0 Å². The Kier molecular flexibility index (Phi) is 3.86. The van der Waals surface area contributed by atoms with Crippen LogP contribution in [-0.2, 0) is 0 Å². The Bertz CT molecular complexity index is 319. The lowest BCUT2D eigenvalue weighted by Gasteiger charge is -2.17. The van der Waals surface area contributed by atoms with Crippen LogP contribution in [0.15, 0.2) is 18.2 Å². The number of aliphatic hydroxyl groups is 1. The van der Waals surface area contributed by atoms with Crippen molar-refractivity contribution in [3.05, 3.63) is 34.6 Å². The summed E-state index contributed by atoms with van der Waals surface area (Å²) >= 11 is 5.52. The summed E-state index contributed by atoms with van der Waals surface area (Å²) in [5, 5.41) is 9.52. The molecule has 14 heavy (non-hydrogen) atoms. The summed E-state index contributed by atoms with van der Waals surface area (Å²) in [5.74, 6) is -0.511. The van der Waals surface area contributed by atoms with E-state index in [9.17, 15) is 9.50 Å². The van der Waals surface area contributed by atoms with Crippen molar-refractivity contribution in [3.8, 4) is 0 Å². The lowest BCUT2D eigenvalue weighted by molar-refractivity contribution is 0.140. The molecule has 0 aliphatic heterocycles. The average Bonchev–Trinajstić information content (AvgIpc) is 2.20. The van der Waals surface area contributed by atoms with E-state index in [1.165, 1.54) is 12.1 Å². The van der Waals surface area contributed by atoms with Gasteiger partial charge in [-0.15, -0.1) is 0 Å². The van der Waals surface area contributed by atoms with Gasteiger partial charge in [0.25, 0.3) is 0 Å². The predicted octanol–water partition coefficient (Wildman–Crippen LogP) is 2.25. The van der Waals surface area contributed by atoms with Crippen LogP contribution in [-0.4, -0.2) is 11.2 Å². The van der Waals surface area contributed by atoms with E-state index in [1.54, 1.807) is 6.07 Å². The van der Waals surface area contributed by atoms with Crippen LogP contribution in [0.2, 0.25) is 5.02 Å². The Morgan fingerprint density at radius 2 is 2.21 bits per heavy atom. The van der Waals surface area contributed by atoms with Gasteiger partial charge in [0, 0.05) is 0 Å². The normalized spacial score (nSPS) is 15.2. The summed E-state index contributed by atoms with van der Waals surface area (Å²) < 4.78 is 13.0. The largest absolute Gasteiger partial charge is 0.391 e. The third-order valence-corrected chi connectivity index (χ3v) is 2.47. The molecular formula is C10H13ClFNO. The molecule has 78 valence electrons. The quantitative estimate of drug-likeness (QED) is 0.816. The van der Waals surface area contributed by atoms with Crippen LogP contribution in [0.4, 0.5) is 4.39 Å². The van der Waals surface area contributed by atoms with Gasteiger partial charge in [0.05, 0.1) is 17.2 Å². The Morgan fingerprint density at radius 1 is 1.57 bits per heavy atom. The van der Waals surface area contributed by atoms with Gasteiger partial charge in [0.1, 0.15) is 5.82 Å². The Hall–Kier alpha value is -0.640. The van der Waals surface area contributed by atoms with Gasteiger partial charge in [-0.2, -0.15) is 0 Å². The van der Waals surface area contributed by atoms with Crippen molar-refractivity contribution in [2.24, 2.45) is 5.73 Å². The summed E-state index contributed by atoms with van der Waals surface area (Å²) in [6.07, 6.45) is -0.124. The van der Waals surface area contributed by atoms with Gasteiger partial charge in [-0.05, 0) is 24.1 Å². The van der Waals surface area contributed by atoms with Crippen LogP contribution in [0, 0.1) is 5.82 Å². The monoisotopic (exact) mass is 217 g/mol. The molecule has 4 heteroatoms. The standard InChI is InChI=1S/C10H13ClFNO/c1-2-9(14)10(13)6-3-4-7(11)8(12)5-6/h3-5,9-10,14H,2,13H2,1H3/t9-,10+/m1/s1. The van der Waals surface area contributed by atoms with Gasteiger partial charge >= 0.3 is 0 Å². The van der Waals surface area contributed by atoms with Crippen LogP contribution in [0.5, 0.6) is 0 Å². The lowest BCUT2D eigenvalue weighted by Crippen LogP contribution is -2.25. The third-order valence-electron chi connectivity index (χ3n) is 2.16. The van der Waals surface area contributed by atoms with E-state index < -0.39 is 18.0 Å². The fraction of sp³-hybridized carbons (Fsp3) is 0.400. The highest BCUT2D eigenvalue weighted by atomic mass is 35.5. The molecule has 0 spiro atoms. The first-order chi connectivity index (χ1) is 6.56. The molecule has 0 saturated heterocycles. The van der Waals surface area contributed by atoms with Crippen LogP contribution in [0.25, 0.3) is 0 Å². The van der Waals surface area contributed by atoms with Crippen LogP contribution in [0.3, 0.4) is 0 Å². The molecule has 0 bridgehead atoms. The van der Waals surface area contributed by atoms with Gasteiger partial charge in [0.2, 0.25) is 0 Å². The summed E-state index contributed by atoms with van der Waals surface area (Å²) in [5.41, 5.74) is 6.26. The van der Waals surface area contributed by atoms with Crippen molar-refractivity contribution in [2.75, 3.05) is 0 Å². The molecule has 0 saturated carbocycles. The highest BCUT2D eigenvalue weighted by Gasteiger charge is 2.15. The minimum absolute atomic E-state index is 0.0620. The molecule has 3 N–H and O–H groups in total. The van der Waals surface area contributed by atoms with E-state index >= 15 is 0 Å². The molecule has 0 radical (unpaired) electrons. The van der Waals surface area contributed by atoms with E-state index in [2.05, 4.69) is 0 Å². The van der Waals surface area contributed by atoms with Crippen molar-refractivity contribution in [2.45, 2.75) is 25.5 Å². The van der Waals surface area contributed by atoms with Gasteiger partial charge < -0.3 is 10.8 Å². The molecule has 0 aromatic heterocycles. The van der Waals surface area contributed by atoms with Crippen molar-refractivity contribution < 1.29 is 9.50 Å². The first kappa shape index (κ1) is 11.4. The van der Waals surface area contributed by atoms with Crippen molar-refractivity contribution in [3.63, 3.8) is 0 Å². The average molecular weight is 218 g/mol. The predicted molar refractivity (Wildman–Crippen MR) is 54.6 cm³/mol. The van der Waals surface area contributed by atoms with E-state index in [0.717, 1.165) is 0 Å². The second kappa shape index (κ2) is 4.73. The maximum atomic E-state index is 13.0. The second-order valence-electron chi connectivity index (χ2n) is 3.17. The molecule has 1 aromatic rings. The minimum atomic E-state index is -0.657. The molecule has 1 aromatic carbocycles. The molecular weight excluding hydrogens is 205 g/mol. The van der Waals surface area contributed by atoms with Crippen molar-refractivity contribution in [1.82, 2.24) is 0 Å². The molecule has 0 amide bonds. The van der Waals surface area contributed by atoms with Crippen molar-refractivity contribution >= 4 is 11.6 Å². The second-order valence-corrected chi connectivity index (χ2v) is 3.58. The summed E-state index contributed by atoms with van der Waals surface area (Å²) in [7, 11) is 0. The Labute approximate surface area is 87.5 Å². The molecule has 2 atom stereocenters. The molecule has 0 unspecified atom stereocenters. The van der Waals surface area contributed by atoms with Crippen LogP contribution >= 0.6 is 11.6 Å². The fourth-order valence-corrected chi connectivity index (χ4v) is 1.31. The van der Waals surface area contributed by atoms with E-state index in [1.807, 2.05) is 6.92 Å². The summed E-state index contributed by atoms with van der Waals surface area (Å²) in [4.78, 5) is 0. The topological polar surface area (TPSA) is 46.2 Å². The third kappa shape index (κ3) is 2.44. The zero-order chi connectivity index (χ0) is 10.7. The number of nitrogens with two attached hydrogens (primary N) is 1. The number of hydrogen-bond acceptors (Lipinski definition) is 2. The highest BCUT2D eigenvalue weighted by Crippen LogP contribution is 2.21. The Morgan fingerprint density at radius 3 is 2.71 bits per heavy atom. The lowest BCUT2D eigenvalue weighted by atomic mass is 10.0. The van der Waals surface area contributed by atoms with Crippen LogP contribution < -0.4 is 5.73 Å². The number of hydrogen-bond donors (Lipinski definition) is 2. The highest BCUT2D eigenvalue weighted by molar-refractivity contribution is 6.30. The summed E-state index contributed by atoms with van der Waals surface area (Å²) in [6.45, 7) is 1.82. The van der Waals surface area contributed by atoms with Crippen LogP contribution in [0.1, 0.15) is 24.9 Å². The number of rotatable bonds is 3. The number of aliphatic hydroxyl groups excluding tert-OH is 1. The number of benzene rings is 1. The van der Waals surface area contributed by atoms with Gasteiger partial charge in [-0.25, -0.2) is 4.39 Å². The minimum Gasteiger partial charge on any atom is -0.391 e. The smallest absolute Gasteiger partial charge is 0.142 e. The zero-order valence-electron chi connectivity index (χ0n) is 7.87. The first-order valence-electron chi connectivity index (χ1n) is 4.44. The van der Waals surface area contributed by atoms with E-state index in [-0.39, 0.29) is 5.02 Å². The molecule has 2 nitrogen and oxygen atoms in total. The van der Waals surface area contributed by atoms with E-state index in [0.29, 0.717) is 12.0 Å². The Balaban J connectivity index is 2.91. The SMILES string of the molecule is CC[C@@H](O)[C@@H](N)c1ccc(Cl)c(F)c1. The summed E-state index contributed by atoms with van der Waals surface area (Å²) in [6, 6.07) is 3.75. The zero-order valence-corrected chi connectivity index (χ0v) is 8.63. The molecule has 0 heterocycles. The maximum Gasteiger partial charge on any atom is 0.142 e. The van der Waals surface area contributed by atoms with Gasteiger partial charge in [0.15, 0.2) is 0 Å². The van der Waals surface area contributed by atoms with E-state index in [4.69, 9.17) is 17.3 Å². The maximum absolute atomic E-state index is 13.0. The molecule has 0 aliphatic carbocycles. The molecule has 0 fully saturated rings. The number of halogens is 2. The fourth-order valence-electron chi connectivity index (χ4n) is 1.20. The molecule has 1 rings (SSSR count). The van der Waals surface area contributed by atoms with Gasteiger partial charge in [-0.1, -0.05) is 24.6 Å². The van der Waals surface area contributed by atoms with Crippen molar-refractivity contribution in [1.29, 1.82) is 0 Å².